The van der Waals surface area contributed by atoms with Crippen molar-refractivity contribution in [2.45, 2.75) is 13.0 Å². The van der Waals surface area contributed by atoms with Crippen molar-refractivity contribution in [3.05, 3.63) is 52.5 Å². The van der Waals surface area contributed by atoms with Gasteiger partial charge in [0.15, 0.2) is 6.10 Å². The smallest absolute Gasteiger partial charge is 0.265 e. The molecule has 0 saturated carbocycles. The van der Waals surface area contributed by atoms with Gasteiger partial charge in [0.2, 0.25) is 0 Å². The maximum atomic E-state index is 12.1. The Morgan fingerprint density at radius 3 is 2.36 bits per heavy atom. The Morgan fingerprint density at radius 1 is 1.09 bits per heavy atom. The Kier molecular flexibility index (Phi) is 5.52. The summed E-state index contributed by atoms with van der Waals surface area (Å²) in [7, 11) is 1.57. The van der Waals surface area contributed by atoms with Crippen LogP contribution in [0.3, 0.4) is 0 Å². The predicted octanol–water partition coefficient (Wildman–Crippen LogP) is 4.41. The predicted molar refractivity (Wildman–Crippen MR) is 88.2 cm³/mol. The quantitative estimate of drug-likeness (QED) is 0.877. The molecule has 1 N–H and O–H groups in total. The van der Waals surface area contributed by atoms with E-state index >= 15 is 0 Å². The molecule has 0 spiro atoms. The molecule has 0 aliphatic carbocycles. The molecule has 0 bridgehead atoms. The van der Waals surface area contributed by atoms with Crippen molar-refractivity contribution in [3.63, 3.8) is 0 Å². The third-order valence-electron chi connectivity index (χ3n) is 2.85. The minimum absolute atomic E-state index is 0.304. The van der Waals surface area contributed by atoms with E-state index in [0.717, 1.165) is 0 Å². The van der Waals surface area contributed by atoms with Crippen LogP contribution in [0.5, 0.6) is 11.5 Å². The molecule has 22 heavy (non-hydrogen) atoms. The van der Waals surface area contributed by atoms with E-state index < -0.39 is 6.10 Å². The second kappa shape index (κ2) is 7.38. The van der Waals surface area contributed by atoms with Gasteiger partial charge in [0, 0.05) is 21.8 Å². The fourth-order valence-corrected chi connectivity index (χ4v) is 2.33. The van der Waals surface area contributed by atoms with Crippen molar-refractivity contribution >= 4 is 34.8 Å². The maximum absolute atomic E-state index is 12.1. The Labute approximate surface area is 138 Å². The van der Waals surface area contributed by atoms with Crippen LogP contribution in [-0.2, 0) is 4.79 Å². The molecule has 0 aromatic heterocycles. The third kappa shape index (κ3) is 4.55. The van der Waals surface area contributed by atoms with Gasteiger partial charge in [0.1, 0.15) is 11.5 Å². The summed E-state index contributed by atoms with van der Waals surface area (Å²) in [4.78, 5) is 12.1. The average Bonchev–Trinajstić information content (AvgIpc) is 2.46. The highest BCUT2D eigenvalue weighted by molar-refractivity contribution is 6.35. The number of hydrogen-bond donors (Lipinski definition) is 1. The van der Waals surface area contributed by atoms with Crippen LogP contribution in [-0.4, -0.2) is 19.1 Å². The molecule has 116 valence electrons. The molecular weight excluding hydrogens is 325 g/mol. The Morgan fingerprint density at radius 2 is 1.73 bits per heavy atom. The van der Waals surface area contributed by atoms with E-state index in [9.17, 15) is 4.79 Å². The SMILES string of the molecule is COc1cccc(O[C@@H](C)C(=O)Nc2cc(Cl)cc(Cl)c2)c1. The second-order valence-corrected chi connectivity index (χ2v) is 5.46. The fraction of sp³-hybridized carbons (Fsp3) is 0.188. The van der Waals surface area contributed by atoms with Crippen LogP contribution in [0.1, 0.15) is 6.92 Å². The minimum Gasteiger partial charge on any atom is -0.497 e. The van der Waals surface area contributed by atoms with Gasteiger partial charge in [-0.2, -0.15) is 0 Å². The Balaban J connectivity index is 2.02. The average molecular weight is 340 g/mol. The molecule has 1 atom stereocenters. The van der Waals surface area contributed by atoms with Crippen LogP contribution in [0.25, 0.3) is 0 Å². The van der Waals surface area contributed by atoms with E-state index in [0.29, 0.717) is 27.2 Å². The van der Waals surface area contributed by atoms with Crippen molar-refractivity contribution in [1.82, 2.24) is 0 Å². The lowest BCUT2D eigenvalue weighted by Crippen LogP contribution is -2.30. The van der Waals surface area contributed by atoms with Gasteiger partial charge in [0.05, 0.1) is 7.11 Å². The van der Waals surface area contributed by atoms with E-state index in [2.05, 4.69) is 5.32 Å². The zero-order valence-electron chi connectivity index (χ0n) is 12.1. The van der Waals surface area contributed by atoms with Gasteiger partial charge in [0.25, 0.3) is 5.91 Å². The first kappa shape index (κ1) is 16.5. The molecule has 4 nitrogen and oxygen atoms in total. The largest absolute Gasteiger partial charge is 0.497 e. The van der Waals surface area contributed by atoms with Crippen molar-refractivity contribution in [2.75, 3.05) is 12.4 Å². The Bertz CT molecular complexity index is 656. The first-order chi connectivity index (χ1) is 10.5. The van der Waals surface area contributed by atoms with Crippen molar-refractivity contribution < 1.29 is 14.3 Å². The van der Waals surface area contributed by atoms with Crippen LogP contribution in [0, 0.1) is 0 Å². The molecule has 0 radical (unpaired) electrons. The van der Waals surface area contributed by atoms with Crippen molar-refractivity contribution in [1.29, 1.82) is 0 Å². The van der Waals surface area contributed by atoms with E-state index in [-0.39, 0.29) is 5.91 Å². The molecule has 0 fully saturated rings. The van der Waals surface area contributed by atoms with Gasteiger partial charge < -0.3 is 14.8 Å². The first-order valence-electron chi connectivity index (χ1n) is 6.55. The summed E-state index contributed by atoms with van der Waals surface area (Å²) >= 11 is 11.8. The normalized spacial score (nSPS) is 11.6. The summed E-state index contributed by atoms with van der Waals surface area (Å²) < 4.78 is 10.7. The molecule has 0 saturated heterocycles. The Hall–Kier alpha value is -1.91. The second-order valence-electron chi connectivity index (χ2n) is 4.59. The third-order valence-corrected chi connectivity index (χ3v) is 3.29. The molecule has 0 unspecified atom stereocenters. The molecular formula is C16H15Cl2NO3. The van der Waals surface area contributed by atoms with Crippen molar-refractivity contribution in [2.24, 2.45) is 0 Å². The van der Waals surface area contributed by atoms with Gasteiger partial charge >= 0.3 is 0 Å². The number of hydrogen-bond acceptors (Lipinski definition) is 3. The molecule has 6 heteroatoms. The summed E-state index contributed by atoms with van der Waals surface area (Å²) in [5.41, 5.74) is 0.517. The zero-order valence-corrected chi connectivity index (χ0v) is 13.6. The molecule has 0 heterocycles. The summed E-state index contributed by atoms with van der Waals surface area (Å²) in [5, 5.41) is 3.60. The van der Waals surface area contributed by atoms with Gasteiger partial charge in [-0.25, -0.2) is 0 Å². The molecule has 2 aromatic rings. The lowest BCUT2D eigenvalue weighted by atomic mass is 10.3. The van der Waals surface area contributed by atoms with Gasteiger partial charge in [-0.05, 0) is 37.3 Å². The van der Waals surface area contributed by atoms with E-state index in [4.69, 9.17) is 32.7 Å². The summed E-state index contributed by atoms with van der Waals surface area (Å²) in [6.45, 7) is 1.65. The lowest BCUT2D eigenvalue weighted by Gasteiger charge is -2.15. The zero-order chi connectivity index (χ0) is 16.1. The molecule has 2 rings (SSSR count). The number of halogens is 2. The summed E-state index contributed by atoms with van der Waals surface area (Å²) in [6.07, 6.45) is -0.690. The molecule has 2 aromatic carbocycles. The number of benzene rings is 2. The number of anilines is 1. The number of ether oxygens (including phenoxy) is 2. The van der Waals surface area contributed by atoms with E-state index in [1.165, 1.54) is 0 Å². The lowest BCUT2D eigenvalue weighted by molar-refractivity contribution is -0.122. The van der Waals surface area contributed by atoms with E-state index in [1.54, 1.807) is 56.5 Å². The standard InChI is InChI=1S/C16H15Cl2NO3/c1-10(22-15-5-3-4-14(9-15)21-2)16(20)19-13-7-11(17)6-12(18)8-13/h3-10H,1-2H3,(H,19,20)/t10-/m0/s1. The van der Waals surface area contributed by atoms with Gasteiger partial charge in [-0.3, -0.25) is 4.79 Å². The maximum Gasteiger partial charge on any atom is 0.265 e. The molecule has 1 amide bonds. The molecule has 0 aliphatic rings. The van der Waals surface area contributed by atoms with Gasteiger partial charge in [-0.1, -0.05) is 29.3 Å². The van der Waals surface area contributed by atoms with Crippen LogP contribution in [0.2, 0.25) is 10.0 Å². The van der Waals surface area contributed by atoms with Crippen LogP contribution < -0.4 is 14.8 Å². The van der Waals surface area contributed by atoms with Crippen LogP contribution in [0.15, 0.2) is 42.5 Å². The van der Waals surface area contributed by atoms with Crippen molar-refractivity contribution in [3.8, 4) is 11.5 Å². The van der Waals surface area contributed by atoms with Crippen LogP contribution >= 0.6 is 23.2 Å². The number of amides is 1. The topological polar surface area (TPSA) is 47.6 Å². The minimum atomic E-state index is -0.690. The number of carbonyl (C=O) groups is 1. The highest BCUT2D eigenvalue weighted by Crippen LogP contribution is 2.23. The van der Waals surface area contributed by atoms with E-state index in [1.807, 2.05) is 0 Å². The number of methoxy groups -OCH3 is 1. The van der Waals surface area contributed by atoms with Crippen LogP contribution in [0.4, 0.5) is 5.69 Å². The summed E-state index contributed by atoms with van der Waals surface area (Å²) in [5.74, 6) is 0.902. The number of rotatable bonds is 5. The highest BCUT2D eigenvalue weighted by atomic mass is 35.5. The monoisotopic (exact) mass is 339 g/mol. The number of carbonyl (C=O) groups excluding carboxylic acids is 1. The molecule has 0 aliphatic heterocycles. The van der Waals surface area contributed by atoms with Gasteiger partial charge in [-0.15, -0.1) is 0 Å². The first-order valence-corrected chi connectivity index (χ1v) is 7.31. The number of nitrogens with one attached hydrogen (secondary N) is 1. The highest BCUT2D eigenvalue weighted by Gasteiger charge is 2.15. The summed E-state index contributed by atoms with van der Waals surface area (Å²) in [6, 6.07) is 11.9. The fourth-order valence-electron chi connectivity index (χ4n) is 1.80.